The van der Waals surface area contributed by atoms with Gasteiger partial charge in [-0.3, -0.25) is 4.79 Å². The molecule has 3 nitrogen and oxygen atoms in total. The van der Waals surface area contributed by atoms with Crippen LogP contribution < -0.4 is 10.1 Å². The summed E-state index contributed by atoms with van der Waals surface area (Å²) in [5.41, 5.74) is 1.74. The number of amides is 1. The van der Waals surface area contributed by atoms with Crippen LogP contribution >= 0.6 is 11.6 Å². The van der Waals surface area contributed by atoms with Crippen molar-refractivity contribution in [1.29, 1.82) is 0 Å². The minimum atomic E-state index is -0.132. The highest BCUT2D eigenvalue weighted by molar-refractivity contribution is 6.32. The fourth-order valence-electron chi connectivity index (χ4n) is 2.16. The summed E-state index contributed by atoms with van der Waals surface area (Å²) >= 11 is 6.11. The number of carbonyl (C=O) groups excluding carboxylic acids is 1. The molecular formula is C18H20ClNO2. The van der Waals surface area contributed by atoms with Crippen LogP contribution in [0.5, 0.6) is 5.75 Å². The topological polar surface area (TPSA) is 38.3 Å². The Hall–Kier alpha value is -2.00. The predicted octanol–water partition coefficient (Wildman–Crippen LogP) is 4.27. The van der Waals surface area contributed by atoms with Crippen molar-refractivity contribution in [2.24, 2.45) is 0 Å². The van der Waals surface area contributed by atoms with Crippen LogP contribution in [0.2, 0.25) is 5.02 Å². The average Bonchev–Trinajstić information content (AvgIpc) is 2.55. The van der Waals surface area contributed by atoms with E-state index in [1.54, 1.807) is 18.2 Å². The van der Waals surface area contributed by atoms with Crippen LogP contribution in [-0.2, 0) is 0 Å². The van der Waals surface area contributed by atoms with Crippen molar-refractivity contribution >= 4 is 17.5 Å². The maximum Gasteiger partial charge on any atom is 0.251 e. The number of rotatable bonds is 6. The summed E-state index contributed by atoms with van der Waals surface area (Å²) in [5.74, 6) is 0.717. The van der Waals surface area contributed by atoms with Gasteiger partial charge < -0.3 is 10.1 Å². The molecule has 0 aliphatic rings. The summed E-state index contributed by atoms with van der Waals surface area (Å²) in [7, 11) is 0. The van der Waals surface area contributed by atoms with Crippen molar-refractivity contribution in [3.63, 3.8) is 0 Å². The van der Waals surface area contributed by atoms with Crippen LogP contribution in [0, 0.1) is 0 Å². The molecule has 0 aliphatic heterocycles. The van der Waals surface area contributed by atoms with Gasteiger partial charge in [0.1, 0.15) is 5.75 Å². The molecule has 0 aliphatic carbocycles. The molecule has 22 heavy (non-hydrogen) atoms. The van der Waals surface area contributed by atoms with Gasteiger partial charge in [0.05, 0.1) is 11.6 Å². The van der Waals surface area contributed by atoms with Gasteiger partial charge in [0.25, 0.3) is 5.91 Å². The van der Waals surface area contributed by atoms with E-state index in [4.69, 9.17) is 16.3 Å². The zero-order valence-electron chi connectivity index (χ0n) is 12.8. The highest BCUT2D eigenvalue weighted by Gasteiger charge is 2.11. The third-order valence-corrected chi connectivity index (χ3v) is 3.73. The molecule has 0 saturated carbocycles. The lowest BCUT2D eigenvalue weighted by Crippen LogP contribution is -2.27. The fraction of sp³-hybridized carbons (Fsp3) is 0.278. The van der Waals surface area contributed by atoms with Gasteiger partial charge in [-0.05, 0) is 36.6 Å². The Morgan fingerprint density at radius 3 is 2.59 bits per heavy atom. The van der Waals surface area contributed by atoms with Crippen LogP contribution in [0.25, 0.3) is 0 Å². The minimum absolute atomic E-state index is 0.132. The van der Waals surface area contributed by atoms with Gasteiger partial charge in [0, 0.05) is 12.1 Å². The van der Waals surface area contributed by atoms with Crippen molar-refractivity contribution in [1.82, 2.24) is 5.32 Å². The van der Waals surface area contributed by atoms with Crippen LogP contribution in [0.15, 0.2) is 48.5 Å². The maximum atomic E-state index is 12.2. The first-order chi connectivity index (χ1) is 10.6. The number of carbonyl (C=O) groups is 1. The molecule has 2 rings (SSSR count). The molecule has 1 N–H and O–H groups in total. The van der Waals surface area contributed by atoms with E-state index in [0.717, 1.165) is 0 Å². The SMILES string of the molecule is CCOc1ccc(C(=O)NC[C@H](C)c2ccccc2)cc1Cl. The molecule has 1 atom stereocenters. The van der Waals surface area contributed by atoms with Crippen molar-refractivity contribution < 1.29 is 9.53 Å². The van der Waals surface area contributed by atoms with Crippen molar-refractivity contribution in [3.8, 4) is 5.75 Å². The van der Waals surface area contributed by atoms with Crippen molar-refractivity contribution in [2.45, 2.75) is 19.8 Å². The number of hydrogen-bond donors (Lipinski definition) is 1. The summed E-state index contributed by atoms with van der Waals surface area (Å²) in [4.78, 5) is 12.2. The standard InChI is InChI=1S/C18H20ClNO2/c1-3-22-17-10-9-15(11-16(17)19)18(21)20-12-13(2)14-7-5-4-6-8-14/h4-11,13H,3,12H2,1-2H3,(H,20,21)/t13-/m0/s1. The Morgan fingerprint density at radius 1 is 1.23 bits per heavy atom. The van der Waals surface area contributed by atoms with Gasteiger partial charge in [-0.15, -0.1) is 0 Å². The van der Waals surface area contributed by atoms with Crippen LogP contribution in [0.3, 0.4) is 0 Å². The second kappa shape index (κ2) is 7.85. The molecule has 0 saturated heterocycles. The van der Waals surface area contributed by atoms with E-state index < -0.39 is 0 Å². The van der Waals surface area contributed by atoms with E-state index in [0.29, 0.717) is 29.5 Å². The van der Waals surface area contributed by atoms with E-state index in [-0.39, 0.29) is 11.8 Å². The number of benzene rings is 2. The lowest BCUT2D eigenvalue weighted by atomic mass is 10.0. The molecule has 2 aromatic rings. The summed E-state index contributed by atoms with van der Waals surface area (Å²) in [6.45, 7) is 5.09. The molecule has 0 fully saturated rings. The summed E-state index contributed by atoms with van der Waals surface area (Å²) in [5, 5.41) is 3.39. The lowest BCUT2D eigenvalue weighted by Gasteiger charge is -2.13. The van der Waals surface area contributed by atoms with Crippen molar-refractivity contribution in [2.75, 3.05) is 13.2 Å². The molecule has 4 heteroatoms. The van der Waals surface area contributed by atoms with Gasteiger partial charge in [-0.1, -0.05) is 48.9 Å². The third-order valence-electron chi connectivity index (χ3n) is 3.43. The monoisotopic (exact) mass is 317 g/mol. The van der Waals surface area contributed by atoms with Gasteiger partial charge in [-0.25, -0.2) is 0 Å². The molecule has 0 bridgehead atoms. The first-order valence-corrected chi connectivity index (χ1v) is 7.75. The molecule has 2 aromatic carbocycles. The van der Waals surface area contributed by atoms with E-state index in [1.165, 1.54) is 5.56 Å². The molecule has 0 spiro atoms. The second-order valence-corrected chi connectivity index (χ2v) is 5.51. The quantitative estimate of drug-likeness (QED) is 0.864. The smallest absolute Gasteiger partial charge is 0.251 e. The number of halogens is 1. The van der Waals surface area contributed by atoms with Gasteiger partial charge in [0.15, 0.2) is 0 Å². The fourth-order valence-corrected chi connectivity index (χ4v) is 2.40. The van der Waals surface area contributed by atoms with Crippen LogP contribution in [0.1, 0.15) is 35.7 Å². The highest BCUT2D eigenvalue weighted by atomic mass is 35.5. The van der Waals surface area contributed by atoms with E-state index >= 15 is 0 Å². The molecular weight excluding hydrogens is 298 g/mol. The number of ether oxygens (including phenoxy) is 1. The summed E-state index contributed by atoms with van der Waals surface area (Å²) in [6.07, 6.45) is 0. The Bertz CT molecular complexity index is 628. The zero-order valence-corrected chi connectivity index (χ0v) is 13.6. The third kappa shape index (κ3) is 4.25. The Kier molecular flexibility index (Phi) is 5.84. The largest absolute Gasteiger partial charge is 0.492 e. The first kappa shape index (κ1) is 16.4. The molecule has 0 radical (unpaired) electrons. The molecule has 116 valence electrons. The minimum Gasteiger partial charge on any atom is -0.492 e. The Balaban J connectivity index is 1.96. The van der Waals surface area contributed by atoms with Crippen LogP contribution in [-0.4, -0.2) is 19.1 Å². The maximum absolute atomic E-state index is 12.2. The van der Waals surface area contributed by atoms with Gasteiger partial charge >= 0.3 is 0 Å². The summed E-state index contributed by atoms with van der Waals surface area (Å²) < 4.78 is 5.36. The van der Waals surface area contributed by atoms with Crippen molar-refractivity contribution in [3.05, 3.63) is 64.7 Å². The Morgan fingerprint density at radius 2 is 1.95 bits per heavy atom. The lowest BCUT2D eigenvalue weighted by molar-refractivity contribution is 0.0951. The van der Waals surface area contributed by atoms with Gasteiger partial charge in [0.2, 0.25) is 0 Å². The molecule has 0 heterocycles. The van der Waals surface area contributed by atoms with E-state index in [1.807, 2.05) is 25.1 Å². The number of nitrogens with one attached hydrogen (secondary N) is 1. The summed E-state index contributed by atoms with van der Waals surface area (Å²) in [6, 6.07) is 15.2. The number of hydrogen-bond acceptors (Lipinski definition) is 2. The molecule has 0 unspecified atom stereocenters. The van der Waals surface area contributed by atoms with Crippen LogP contribution in [0.4, 0.5) is 0 Å². The highest BCUT2D eigenvalue weighted by Crippen LogP contribution is 2.25. The van der Waals surface area contributed by atoms with E-state index in [2.05, 4.69) is 24.4 Å². The average molecular weight is 318 g/mol. The first-order valence-electron chi connectivity index (χ1n) is 7.37. The molecule has 1 amide bonds. The van der Waals surface area contributed by atoms with E-state index in [9.17, 15) is 4.79 Å². The Labute approximate surface area is 136 Å². The van der Waals surface area contributed by atoms with Gasteiger partial charge in [-0.2, -0.15) is 0 Å². The normalized spacial score (nSPS) is 11.8. The predicted molar refractivity (Wildman–Crippen MR) is 89.8 cm³/mol. The zero-order chi connectivity index (χ0) is 15.9. The molecule has 0 aromatic heterocycles. The second-order valence-electron chi connectivity index (χ2n) is 5.10.